The third-order valence-electron chi connectivity index (χ3n) is 7.88. The largest absolute Gasteiger partial charge is 0.493 e. The molecule has 1 amide bonds. The monoisotopic (exact) mass is 685 g/mol. The first-order valence-corrected chi connectivity index (χ1v) is 17.9. The molecule has 3 aromatic rings. The average molecular weight is 686 g/mol. The number of benzene rings is 3. The second kappa shape index (κ2) is 18.1. The van der Waals surface area contributed by atoms with Gasteiger partial charge < -0.3 is 38.5 Å². The van der Waals surface area contributed by atoms with Gasteiger partial charge in [-0.2, -0.15) is 0 Å². The molecule has 4 unspecified atom stereocenters. The van der Waals surface area contributed by atoms with Gasteiger partial charge in [0.2, 0.25) is 5.75 Å². The van der Waals surface area contributed by atoms with E-state index in [1.165, 1.54) is 7.11 Å². The Kier molecular flexibility index (Phi) is 13.9. The van der Waals surface area contributed by atoms with E-state index in [0.717, 1.165) is 17.5 Å². The summed E-state index contributed by atoms with van der Waals surface area (Å²) in [5.74, 6) is 1.41. The van der Waals surface area contributed by atoms with Crippen LogP contribution in [0.1, 0.15) is 62.0 Å². The maximum atomic E-state index is 13.0. The zero-order chi connectivity index (χ0) is 34.5. The summed E-state index contributed by atoms with van der Waals surface area (Å²) in [6.45, 7) is 5.07. The van der Waals surface area contributed by atoms with E-state index in [9.17, 15) is 13.2 Å². The van der Waals surface area contributed by atoms with E-state index in [2.05, 4.69) is 5.32 Å². The highest BCUT2D eigenvalue weighted by atomic mass is 32.2. The van der Waals surface area contributed by atoms with Crippen molar-refractivity contribution < 1.29 is 46.4 Å². The molecule has 1 aliphatic heterocycles. The molecule has 0 bridgehead atoms. The average Bonchev–Trinajstić information content (AvgIpc) is 3.47. The molecule has 0 radical (unpaired) electrons. The van der Waals surface area contributed by atoms with Crippen LogP contribution in [-0.4, -0.2) is 73.6 Å². The van der Waals surface area contributed by atoms with Crippen LogP contribution in [0.15, 0.2) is 71.6 Å². The second-order valence-corrected chi connectivity index (χ2v) is 13.4. The Morgan fingerprint density at radius 2 is 1.46 bits per heavy atom. The number of alkyl carbamates (subject to hydrolysis) is 1. The van der Waals surface area contributed by atoms with E-state index in [-0.39, 0.29) is 23.9 Å². The lowest BCUT2D eigenvalue weighted by Gasteiger charge is -2.26. The van der Waals surface area contributed by atoms with Gasteiger partial charge in [0.1, 0.15) is 31.0 Å². The molecule has 3 aromatic carbocycles. The molecule has 4 atom stereocenters. The summed E-state index contributed by atoms with van der Waals surface area (Å²) in [5, 5.41) is 2.76. The lowest BCUT2D eigenvalue weighted by atomic mass is 9.97. The van der Waals surface area contributed by atoms with Crippen molar-refractivity contribution in [2.24, 2.45) is 0 Å². The molecular weight excluding hydrogens is 638 g/mol. The molecule has 4 rings (SSSR count). The number of nitrogens with one attached hydrogen (secondary N) is 1. The zero-order valence-corrected chi connectivity index (χ0v) is 29.1. The highest BCUT2D eigenvalue weighted by molar-refractivity contribution is 7.91. The van der Waals surface area contributed by atoms with Crippen molar-refractivity contribution in [2.75, 3.05) is 46.8 Å². The van der Waals surface area contributed by atoms with Gasteiger partial charge in [-0.3, -0.25) is 0 Å². The van der Waals surface area contributed by atoms with Crippen molar-refractivity contribution in [3.8, 4) is 17.2 Å². The number of hydrogen-bond donors (Lipinski definition) is 1. The molecule has 48 heavy (non-hydrogen) atoms. The number of rotatable bonds is 18. The van der Waals surface area contributed by atoms with E-state index >= 15 is 0 Å². The number of amides is 1. The normalized spacial score (nSPS) is 19.1. The van der Waals surface area contributed by atoms with E-state index in [1.54, 1.807) is 32.4 Å². The fraction of sp³-hybridized carbons (Fsp3) is 0.472. The van der Waals surface area contributed by atoms with E-state index in [1.807, 2.05) is 62.4 Å². The summed E-state index contributed by atoms with van der Waals surface area (Å²) in [5.41, 5.74) is 2.27. The molecule has 11 nitrogen and oxygen atoms in total. The highest BCUT2D eigenvalue weighted by Crippen LogP contribution is 2.48. The molecule has 1 saturated heterocycles. The maximum Gasteiger partial charge on any atom is 0.407 e. The molecule has 1 heterocycles. The molecule has 0 aromatic heterocycles. The Morgan fingerprint density at radius 1 is 0.792 bits per heavy atom. The van der Waals surface area contributed by atoms with Crippen LogP contribution < -0.4 is 19.5 Å². The molecule has 0 aliphatic carbocycles. The third kappa shape index (κ3) is 9.40. The second-order valence-electron chi connectivity index (χ2n) is 11.3. The van der Waals surface area contributed by atoms with Crippen LogP contribution in [0.25, 0.3) is 0 Å². The molecule has 1 aliphatic rings. The number of carbonyl (C=O) groups is 1. The number of sulfone groups is 1. The highest BCUT2D eigenvalue weighted by Gasteiger charge is 2.48. The topological polar surface area (TPSA) is 128 Å². The van der Waals surface area contributed by atoms with Crippen molar-refractivity contribution in [1.82, 2.24) is 5.32 Å². The molecule has 0 spiro atoms. The van der Waals surface area contributed by atoms with E-state index < -0.39 is 40.3 Å². The molecule has 262 valence electrons. The molecule has 1 N–H and O–H groups in total. The summed E-state index contributed by atoms with van der Waals surface area (Å²) in [6, 6.07) is 19.9. The predicted octanol–water partition coefficient (Wildman–Crippen LogP) is 6.21. The van der Waals surface area contributed by atoms with Crippen LogP contribution in [0.2, 0.25) is 0 Å². The first-order valence-electron chi connectivity index (χ1n) is 16.2. The number of carbonyl (C=O) groups excluding carboxylic acids is 1. The minimum Gasteiger partial charge on any atom is -0.493 e. The SMILES string of the molecule is CCCOC1C(c2cc(OC)c(OC)c(OC)c2)OC(c2cccc(S(=O)(=O)CCC)c2)C1OCCCNC(=O)OCc1ccccc1. The minimum atomic E-state index is -3.48. The number of hydrogen-bond acceptors (Lipinski definition) is 10. The predicted molar refractivity (Wildman–Crippen MR) is 180 cm³/mol. The molecule has 12 heteroatoms. The van der Waals surface area contributed by atoms with Gasteiger partial charge in [-0.1, -0.05) is 56.3 Å². The lowest BCUT2D eigenvalue weighted by molar-refractivity contribution is -0.0676. The first kappa shape index (κ1) is 37.0. The van der Waals surface area contributed by atoms with Gasteiger partial charge in [0, 0.05) is 19.8 Å². The summed E-state index contributed by atoms with van der Waals surface area (Å²) in [6.07, 6.45) is -1.24. The Labute approximate surface area is 283 Å². The molecule has 0 saturated carbocycles. The van der Waals surface area contributed by atoms with Crippen molar-refractivity contribution >= 4 is 15.9 Å². The van der Waals surface area contributed by atoms with Crippen LogP contribution in [-0.2, 0) is 35.4 Å². The van der Waals surface area contributed by atoms with Crippen molar-refractivity contribution in [1.29, 1.82) is 0 Å². The Morgan fingerprint density at radius 3 is 2.08 bits per heavy atom. The van der Waals surface area contributed by atoms with Crippen molar-refractivity contribution in [3.63, 3.8) is 0 Å². The lowest BCUT2D eigenvalue weighted by Crippen LogP contribution is -2.34. The summed E-state index contributed by atoms with van der Waals surface area (Å²) >= 11 is 0. The van der Waals surface area contributed by atoms with Gasteiger partial charge in [0.05, 0.1) is 32.0 Å². The van der Waals surface area contributed by atoms with Crippen LogP contribution in [0.5, 0.6) is 17.2 Å². The molecular formula is C36H47NO10S. The van der Waals surface area contributed by atoms with Crippen molar-refractivity contribution in [2.45, 2.75) is 69.0 Å². The third-order valence-corrected chi connectivity index (χ3v) is 9.79. The quantitative estimate of drug-likeness (QED) is 0.155. The minimum absolute atomic E-state index is 0.0407. The molecule has 1 fully saturated rings. The van der Waals surface area contributed by atoms with Crippen LogP contribution in [0.3, 0.4) is 0 Å². The van der Waals surface area contributed by atoms with Crippen LogP contribution >= 0.6 is 0 Å². The van der Waals surface area contributed by atoms with Gasteiger partial charge >= 0.3 is 6.09 Å². The number of ether oxygens (including phenoxy) is 7. The first-order chi connectivity index (χ1) is 23.3. The summed E-state index contributed by atoms with van der Waals surface area (Å²) in [7, 11) is 1.15. The zero-order valence-electron chi connectivity index (χ0n) is 28.3. The van der Waals surface area contributed by atoms with Gasteiger partial charge in [-0.05, 0) is 60.2 Å². The van der Waals surface area contributed by atoms with Gasteiger partial charge in [-0.25, -0.2) is 13.2 Å². The van der Waals surface area contributed by atoms with Crippen molar-refractivity contribution in [3.05, 3.63) is 83.4 Å². The standard InChI is InChI=1S/C36H47NO10S/c1-6-18-44-35-32(27-22-29(41-3)33(43-5)30(23-27)42-4)47-31(26-15-11-16-28(21-26)48(39,40)20-7-2)34(35)45-19-12-17-37-36(38)46-24-25-13-9-8-10-14-25/h8-11,13-16,21-23,31-32,34-35H,6-7,12,17-20,24H2,1-5H3,(H,37,38). The number of methoxy groups -OCH3 is 3. The summed E-state index contributed by atoms with van der Waals surface area (Å²) < 4.78 is 67.8. The fourth-order valence-electron chi connectivity index (χ4n) is 5.61. The maximum absolute atomic E-state index is 13.0. The summed E-state index contributed by atoms with van der Waals surface area (Å²) in [4.78, 5) is 12.5. The Balaban J connectivity index is 1.58. The van der Waals surface area contributed by atoms with E-state index in [0.29, 0.717) is 48.8 Å². The smallest absolute Gasteiger partial charge is 0.407 e. The fourth-order valence-corrected chi connectivity index (χ4v) is 6.98. The van der Waals surface area contributed by atoms with Gasteiger partial charge in [0.15, 0.2) is 21.3 Å². The van der Waals surface area contributed by atoms with Gasteiger partial charge in [0.25, 0.3) is 0 Å². The van der Waals surface area contributed by atoms with Gasteiger partial charge in [-0.15, -0.1) is 0 Å². The van der Waals surface area contributed by atoms with E-state index in [4.69, 9.17) is 33.2 Å². The van der Waals surface area contributed by atoms with Crippen LogP contribution in [0, 0.1) is 0 Å². The Bertz CT molecular complexity index is 1540. The Hall–Kier alpha value is -3.84. The van der Waals surface area contributed by atoms with Crippen LogP contribution in [0.4, 0.5) is 4.79 Å².